The Bertz CT molecular complexity index is 158. The molecule has 10 heavy (non-hydrogen) atoms. The molecule has 2 heteroatoms. The Hall–Kier alpha value is -0.0100. The summed E-state index contributed by atoms with van der Waals surface area (Å²) in [5, 5.41) is 0.759. The SMILES string of the molecule is C\C=C/C(C)=C(Cl)\C=C\Br. The van der Waals surface area contributed by atoms with Crippen molar-refractivity contribution in [2.75, 3.05) is 0 Å². The van der Waals surface area contributed by atoms with Crippen LogP contribution in [0.1, 0.15) is 13.8 Å². The van der Waals surface area contributed by atoms with Crippen LogP contribution in [0.2, 0.25) is 0 Å². The zero-order valence-corrected chi connectivity index (χ0v) is 8.41. The van der Waals surface area contributed by atoms with Crippen molar-refractivity contribution in [2.45, 2.75) is 13.8 Å². The van der Waals surface area contributed by atoms with Gasteiger partial charge < -0.3 is 0 Å². The first-order valence-electron chi connectivity index (χ1n) is 2.98. The first-order chi connectivity index (χ1) is 4.72. The molecule has 0 saturated carbocycles. The summed E-state index contributed by atoms with van der Waals surface area (Å²) in [4.78, 5) is 1.74. The first kappa shape index (κ1) is 9.99. The molecule has 0 aliphatic heterocycles. The molecule has 0 aromatic rings. The third kappa shape index (κ3) is 3.91. The van der Waals surface area contributed by atoms with Crippen LogP contribution in [0, 0.1) is 0 Å². The third-order valence-electron chi connectivity index (χ3n) is 1.00. The zero-order valence-electron chi connectivity index (χ0n) is 6.07. The predicted molar refractivity (Wildman–Crippen MR) is 51.4 cm³/mol. The summed E-state index contributed by atoms with van der Waals surface area (Å²) in [6.07, 6.45) is 5.73. The van der Waals surface area contributed by atoms with Crippen LogP contribution in [0.5, 0.6) is 0 Å². The molecule has 0 fully saturated rings. The van der Waals surface area contributed by atoms with Crippen molar-refractivity contribution in [3.05, 3.63) is 33.8 Å². The molecule has 0 bridgehead atoms. The van der Waals surface area contributed by atoms with Gasteiger partial charge in [-0.2, -0.15) is 0 Å². The molecule has 56 valence electrons. The lowest BCUT2D eigenvalue weighted by Crippen LogP contribution is -1.70. The summed E-state index contributed by atoms with van der Waals surface area (Å²) in [5.74, 6) is 0. The van der Waals surface area contributed by atoms with Crippen molar-refractivity contribution >= 4 is 27.5 Å². The fourth-order valence-corrected chi connectivity index (χ4v) is 1.06. The van der Waals surface area contributed by atoms with Crippen LogP contribution in [0.15, 0.2) is 33.8 Å². The van der Waals surface area contributed by atoms with Gasteiger partial charge in [-0.1, -0.05) is 39.7 Å². The lowest BCUT2D eigenvalue weighted by molar-refractivity contribution is 1.48. The van der Waals surface area contributed by atoms with Gasteiger partial charge in [0.2, 0.25) is 0 Å². The third-order valence-corrected chi connectivity index (χ3v) is 1.69. The Morgan fingerprint density at radius 3 is 2.40 bits per heavy atom. The van der Waals surface area contributed by atoms with Crippen molar-refractivity contribution in [1.29, 1.82) is 0 Å². The number of halogens is 2. The van der Waals surface area contributed by atoms with Gasteiger partial charge in [-0.05, 0) is 30.5 Å². The van der Waals surface area contributed by atoms with Gasteiger partial charge in [0.05, 0.1) is 0 Å². The highest BCUT2D eigenvalue weighted by Crippen LogP contribution is 2.12. The monoisotopic (exact) mass is 220 g/mol. The van der Waals surface area contributed by atoms with E-state index < -0.39 is 0 Å². The molecule has 0 aromatic heterocycles. The second-order valence-corrected chi connectivity index (χ2v) is 2.76. The number of hydrogen-bond acceptors (Lipinski definition) is 0. The minimum Gasteiger partial charge on any atom is -0.0873 e. The van der Waals surface area contributed by atoms with E-state index in [1.165, 1.54) is 0 Å². The van der Waals surface area contributed by atoms with Gasteiger partial charge in [0.15, 0.2) is 0 Å². The Kier molecular flexibility index (Phi) is 5.74. The smallest absolute Gasteiger partial charge is 0.0440 e. The Labute approximate surface area is 75.4 Å². The van der Waals surface area contributed by atoms with E-state index in [0.29, 0.717) is 0 Å². The number of hydrogen-bond donors (Lipinski definition) is 0. The maximum absolute atomic E-state index is 5.82. The molecule has 0 aromatic carbocycles. The van der Waals surface area contributed by atoms with E-state index in [-0.39, 0.29) is 0 Å². The fourth-order valence-electron chi connectivity index (χ4n) is 0.516. The van der Waals surface area contributed by atoms with Gasteiger partial charge in [-0.25, -0.2) is 0 Å². The summed E-state index contributed by atoms with van der Waals surface area (Å²) in [7, 11) is 0. The number of allylic oxidation sites excluding steroid dienone is 5. The molecule has 0 unspecified atom stereocenters. The van der Waals surface area contributed by atoms with E-state index in [9.17, 15) is 0 Å². The quantitative estimate of drug-likeness (QED) is 0.619. The van der Waals surface area contributed by atoms with Crippen LogP contribution >= 0.6 is 27.5 Å². The Morgan fingerprint density at radius 2 is 2.00 bits per heavy atom. The molecular weight excluding hydrogens is 211 g/mol. The number of rotatable bonds is 2. The molecule has 0 rings (SSSR count). The minimum absolute atomic E-state index is 0.759. The van der Waals surface area contributed by atoms with E-state index in [1.54, 1.807) is 11.1 Å². The van der Waals surface area contributed by atoms with Crippen LogP contribution in [0.3, 0.4) is 0 Å². The molecular formula is C8H10BrCl. The molecule has 0 saturated heterocycles. The van der Waals surface area contributed by atoms with Gasteiger partial charge in [-0.15, -0.1) is 0 Å². The normalized spacial score (nSPS) is 14.8. The molecule has 0 heterocycles. The average Bonchev–Trinajstić information content (AvgIpc) is 1.89. The van der Waals surface area contributed by atoms with E-state index in [1.807, 2.05) is 26.0 Å². The highest BCUT2D eigenvalue weighted by Gasteiger charge is 1.88. The molecule has 0 nitrogen and oxygen atoms in total. The van der Waals surface area contributed by atoms with Gasteiger partial charge >= 0.3 is 0 Å². The Morgan fingerprint density at radius 1 is 1.40 bits per heavy atom. The maximum atomic E-state index is 5.82. The minimum atomic E-state index is 0.759. The van der Waals surface area contributed by atoms with E-state index >= 15 is 0 Å². The van der Waals surface area contributed by atoms with Gasteiger partial charge in [0.1, 0.15) is 0 Å². The van der Waals surface area contributed by atoms with Crippen molar-refractivity contribution in [3.63, 3.8) is 0 Å². The van der Waals surface area contributed by atoms with Gasteiger partial charge in [0, 0.05) is 5.03 Å². The van der Waals surface area contributed by atoms with E-state index in [0.717, 1.165) is 10.6 Å². The average molecular weight is 222 g/mol. The van der Waals surface area contributed by atoms with E-state index in [4.69, 9.17) is 11.6 Å². The topological polar surface area (TPSA) is 0 Å². The lowest BCUT2D eigenvalue weighted by Gasteiger charge is -1.91. The summed E-state index contributed by atoms with van der Waals surface area (Å²) in [5.41, 5.74) is 1.07. The standard InChI is InChI=1S/C8H10BrCl/c1-3-4-7(2)8(10)5-6-9/h3-6H,1-2H3/b4-3-,6-5+,8-7+. The fraction of sp³-hybridized carbons (Fsp3) is 0.250. The molecule has 0 atom stereocenters. The van der Waals surface area contributed by atoms with Crippen LogP contribution in [0.4, 0.5) is 0 Å². The van der Waals surface area contributed by atoms with Crippen LogP contribution < -0.4 is 0 Å². The van der Waals surface area contributed by atoms with Crippen molar-refractivity contribution in [3.8, 4) is 0 Å². The van der Waals surface area contributed by atoms with Crippen LogP contribution in [0.25, 0.3) is 0 Å². The second kappa shape index (κ2) is 5.75. The van der Waals surface area contributed by atoms with Crippen molar-refractivity contribution < 1.29 is 0 Å². The highest BCUT2D eigenvalue weighted by molar-refractivity contribution is 9.11. The lowest BCUT2D eigenvalue weighted by atomic mass is 10.2. The first-order valence-corrected chi connectivity index (χ1v) is 4.27. The van der Waals surface area contributed by atoms with Crippen molar-refractivity contribution in [2.24, 2.45) is 0 Å². The Balaban J connectivity index is 4.33. The molecule has 0 aliphatic rings. The second-order valence-electron chi connectivity index (χ2n) is 1.82. The van der Waals surface area contributed by atoms with Gasteiger partial charge in [-0.3, -0.25) is 0 Å². The molecule has 0 aliphatic carbocycles. The maximum Gasteiger partial charge on any atom is 0.0440 e. The summed E-state index contributed by atoms with van der Waals surface area (Å²) in [6, 6.07) is 0. The molecule has 0 radical (unpaired) electrons. The summed E-state index contributed by atoms with van der Waals surface area (Å²) >= 11 is 8.97. The predicted octanol–water partition coefficient (Wildman–Crippen LogP) is 3.98. The van der Waals surface area contributed by atoms with Crippen LogP contribution in [-0.4, -0.2) is 0 Å². The van der Waals surface area contributed by atoms with Crippen molar-refractivity contribution in [1.82, 2.24) is 0 Å². The molecule has 0 amide bonds. The summed E-state index contributed by atoms with van der Waals surface area (Å²) < 4.78 is 0. The highest BCUT2D eigenvalue weighted by atomic mass is 79.9. The van der Waals surface area contributed by atoms with Crippen LogP contribution in [-0.2, 0) is 0 Å². The molecule has 0 N–H and O–H groups in total. The zero-order chi connectivity index (χ0) is 7.98. The van der Waals surface area contributed by atoms with E-state index in [2.05, 4.69) is 15.9 Å². The van der Waals surface area contributed by atoms with Gasteiger partial charge in [0.25, 0.3) is 0 Å². The largest absolute Gasteiger partial charge is 0.0873 e. The molecule has 0 spiro atoms. The summed E-state index contributed by atoms with van der Waals surface area (Å²) in [6.45, 7) is 3.93.